The van der Waals surface area contributed by atoms with E-state index in [-0.39, 0.29) is 29.8 Å². The normalized spacial score (nSPS) is 26.2. The van der Waals surface area contributed by atoms with Crippen LogP contribution in [-0.4, -0.2) is 41.9 Å². The molecule has 1 saturated heterocycles. The van der Waals surface area contributed by atoms with Crippen molar-refractivity contribution in [1.29, 1.82) is 0 Å². The van der Waals surface area contributed by atoms with Crippen molar-refractivity contribution in [2.45, 2.75) is 62.6 Å². The number of rotatable bonds is 5. The Morgan fingerprint density at radius 3 is 2.60 bits per heavy atom. The van der Waals surface area contributed by atoms with E-state index in [1.54, 1.807) is 0 Å². The molecule has 1 heterocycles. The van der Waals surface area contributed by atoms with Crippen molar-refractivity contribution in [1.82, 2.24) is 15.5 Å². The van der Waals surface area contributed by atoms with Gasteiger partial charge in [0.2, 0.25) is 11.8 Å². The first kappa shape index (κ1) is 16.6. The molecule has 1 atom stereocenters. The Kier molecular flexibility index (Phi) is 4.50. The van der Waals surface area contributed by atoms with Gasteiger partial charge in [-0.1, -0.05) is 43.2 Å². The molecule has 2 amide bonds. The van der Waals surface area contributed by atoms with Crippen LogP contribution in [0.1, 0.15) is 50.5 Å². The first-order valence-electron chi connectivity index (χ1n) is 9.58. The Bertz CT molecular complexity index is 636. The van der Waals surface area contributed by atoms with E-state index in [1.165, 1.54) is 18.4 Å². The van der Waals surface area contributed by atoms with Gasteiger partial charge in [0.15, 0.2) is 0 Å². The zero-order valence-corrected chi connectivity index (χ0v) is 14.7. The number of nitrogens with zero attached hydrogens (tertiary/aromatic N) is 1. The summed E-state index contributed by atoms with van der Waals surface area (Å²) in [6.07, 6.45) is 6.99. The van der Waals surface area contributed by atoms with Gasteiger partial charge < -0.3 is 10.6 Å². The van der Waals surface area contributed by atoms with Gasteiger partial charge >= 0.3 is 0 Å². The zero-order valence-electron chi connectivity index (χ0n) is 14.7. The fourth-order valence-electron chi connectivity index (χ4n) is 4.48. The maximum absolute atomic E-state index is 12.7. The summed E-state index contributed by atoms with van der Waals surface area (Å²) < 4.78 is 0. The molecular weight excluding hydrogens is 314 g/mol. The lowest BCUT2D eigenvalue weighted by atomic mass is 10.0. The van der Waals surface area contributed by atoms with Gasteiger partial charge in [-0.25, -0.2) is 0 Å². The monoisotopic (exact) mass is 341 g/mol. The highest BCUT2D eigenvalue weighted by atomic mass is 16.2. The van der Waals surface area contributed by atoms with Gasteiger partial charge in [0.1, 0.15) is 0 Å². The van der Waals surface area contributed by atoms with E-state index >= 15 is 0 Å². The Hall–Kier alpha value is -1.88. The van der Waals surface area contributed by atoms with Crippen LogP contribution in [0.3, 0.4) is 0 Å². The highest BCUT2D eigenvalue weighted by molar-refractivity contribution is 5.89. The molecule has 25 heavy (non-hydrogen) atoms. The summed E-state index contributed by atoms with van der Waals surface area (Å²) in [5.74, 6) is 0.00394. The topological polar surface area (TPSA) is 61.4 Å². The standard InChI is InChI=1S/C20H27N3O2/c24-18(22-20(10-11-20)15-6-2-1-3-7-15)14-17-19(25)21-12-13-23(17)16-8-4-5-9-16/h1-3,6-7,16-17H,4-5,8-14H2,(H,21,25)(H,22,24). The van der Waals surface area contributed by atoms with Crippen molar-refractivity contribution in [3.05, 3.63) is 35.9 Å². The Morgan fingerprint density at radius 1 is 1.20 bits per heavy atom. The van der Waals surface area contributed by atoms with Crippen molar-refractivity contribution < 1.29 is 9.59 Å². The maximum atomic E-state index is 12.7. The summed E-state index contributed by atoms with van der Waals surface area (Å²) in [6.45, 7) is 1.56. The number of carbonyl (C=O) groups is 2. The van der Waals surface area contributed by atoms with E-state index in [2.05, 4.69) is 27.7 Å². The molecule has 1 aromatic rings. The largest absolute Gasteiger partial charge is 0.353 e. The van der Waals surface area contributed by atoms with Crippen molar-refractivity contribution >= 4 is 11.8 Å². The van der Waals surface area contributed by atoms with E-state index in [0.717, 1.165) is 32.2 Å². The number of hydrogen-bond donors (Lipinski definition) is 2. The third-order valence-corrected chi connectivity index (χ3v) is 6.00. The molecule has 3 fully saturated rings. The molecule has 3 aliphatic rings. The van der Waals surface area contributed by atoms with Crippen LogP contribution in [0.2, 0.25) is 0 Å². The van der Waals surface area contributed by atoms with Crippen LogP contribution >= 0.6 is 0 Å². The fourth-order valence-corrected chi connectivity index (χ4v) is 4.48. The van der Waals surface area contributed by atoms with Gasteiger partial charge in [-0.2, -0.15) is 0 Å². The molecular formula is C20H27N3O2. The number of hydrogen-bond acceptors (Lipinski definition) is 3. The van der Waals surface area contributed by atoms with Gasteiger partial charge in [-0.15, -0.1) is 0 Å². The van der Waals surface area contributed by atoms with E-state index in [4.69, 9.17) is 0 Å². The predicted molar refractivity (Wildman–Crippen MR) is 95.9 cm³/mol. The minimum atomic E-state index is -0.316. The van der Waals surface area contributed by atoms with Gasteiger partial charge in [-0.3, -0.25) is 14.5 Å². The molecule has 0 bridgehead atoms. The molecule has 0 spiro atoms. The molecule has 4 rings (SSSR count). The number of nitrogens with one attached hydrogen (secondary N) is 2. The molecule has 1 aromatic carbocycles. The molecule has 2 N–H and O–H groups in total. The number of carbonyl (C=O) groups excluding carboxylic acids is 2. The molecule has 1 unspecified atom stereocenters. The van der Waals surface area contributed by atoms with Crippen LogP contribution in [0.4, 0.5) is 0 Å². The number of benzene rings is 1. The molecule has 134 valence electrons. The molecule has 0 radical (unpaired) electrons. The highest BCUT2D eigenvalue weighted by Crippen LogP contribution is 2.45. The molecule has 2 aliphatic carbocycles. The van der Waals surface area contributed by atoms with Crippen LogP contribution in [0.15, 0.2) is 30.3 Å². The van der Waals surface area contributed by atoms with E-state index < -0.39 is 0 Å². The summed E-state index contributed by atoms with van der Waals surface area (Å²) in [5.41, 5.74) is 0.964. The van der Waals surface area contributed by atoms with Crippen LogP contribution in [-0.2, 0) is 15.1 Å². The fraction of sp³-hybridized carbons (Fsp3) is 0.600. The lowest BCUT2D eigenvalue weighted by Gasteiger charge is -2.39. The van der Waals surface area contributed by atoms with Crippen LogP contribution in [0.25, 0.3) is 0 Å². The first-order valence-corrected chi connectivity index (χ1v) is 9.58. The van der Waals surface area contributed by atoms with Gasteiger partial charge in [0.25, 0.3) is 0 Å². The summed E-state index contributed by atoms with van der Waals surface area (Å²) in [6, 6.07) is 10.3. The van der Waals surface area contributed by atoms with Crippen molar-refractivity contribution in [3.63, 3.8) is 0 Å². The minimum Gasteiger partial charge on any atom is -0.353 e. The highest BCUT2D eigenvalue weighted by Gasteiger charge is 2.46. The summed E-state index contributed by atoms with van der Waals surface area (Å²) in [5, 5.41) is 6.16. The molecule has 5 heteroatoms. The Balaban J connectivity index is 1.42. The SMILES string of the molecule is O=C(CC1C(=O)NCCN1C1CCCC1)NC1(c2ccccc2)CC1. The molecule has 0 aromatic heterocycles. The third-order valence-electron chi connectivity index (χ3n) is 6.00. The van der Waals surface area contributed by atoms with Crippen molar-refractivity contribution in [3.8, 4) is 0 Å². The predicted octanol–water partition coefficient (Wildman–Crippen LogP) is 1.93. The second-order valence-corrected chi connectivity index (χ2v) is 7.68. The van der Waals surface area contributed by atoms with E-state index in [9.17, 15) is 9.59 Å². The Morgan fingerprint density at radius 2 is 1.92 bits per heavy atom. The quantitative estimate of drug-likeness (QED) is 0.860. The smallest absolute Gasteiger partial charge is 0.237 e. The summed E-state index contributed by atoms with van der Waals surface area (Å²) in [4.78, 5) is 27.4. The van der Waals surface area contributed by atoms with Gasteiger partial charge in [0.05, 0.1) is 18.0 Å². The second kappa shape index (κ2) is 6.79. The van der Waals surface area contributed by atoms with E-state index in [0.29, 0.717) is 12.6 Å². The lowest BCUT2D eigenvalue weighted by Crippen LogP contribution is -2.59. The average Bonchev–Trinajstić information content (AvgIpc) is 3.19. The molecule has 5 nitrogen and oxygen atoms in total. The number of piperazine rings is 1. The second-order valence-electron chi connectivity index (χ2n) is 7.68. The summed E-state index contributed by atoms with van der Waals surface area (Å²) >= 11 is 0. The van der Waals surface area contributed by atoms with Crippen LogP contribution in [0, 0.1) is 0 Å². The first-order chi connectivity index (χ1) is 12.2. The van der Waals surface area contributed by atoms with Crippen LogP contribution in [0.5, 0.6) is 0 Å². The average molecular weight is 341 g/mol. The van der Waals surface area contributed by atoms with Crippen LogP contribution < -0.4 is 10.6 Å². The van der Waals surface area contributed by atoms with Crippen molar-refractivity contribution in [2.75, 3.05) is 13.1 Å². The lowest BCUT2D eigenvalue weighted by molar-refractivity contribution is -0.135. The van der Waals surface area contributed by atoms with Gasteiger partial charge in [0, 0.05) is 19.1 Å². The zero-order chi connectivity index (χ0) is 17.3. The van der Waals surface area contributed by atoms with Gasteiger partial charge in [-0.05, 0) is 31.2 Å². The minimum absolute atomic E-state index is 0.00796. The third kappa shape index (κ3) is 3.43. The van der Waals surface area contributed by atoms with Crippen molar-refractivity contribution in [2.24, 2.45) is 0 Å². The maximum Gasteiger partial charge on any atom is 0.237 e. The Labute approximate surface area is 149 Å². The number of amides is 2. The molecule has 1 aliphatic heterocycles. The summed E-state index contributed by atoms with van der Waals surface area (Å²) in [7, 11) is 0. The van der Waals surface area contributed by atoms with E-state index in [1.807, 2.05) is 18.2 Å². The molecule has 2 saturated carbocycles.